The van der Waals surface area contributed by atoms with Gasteiger partial charge in [0, 0.05) is 33.9 Å². The largest absolute Gasteiger partial charge is 0.357 e. The minimum Gasteiger partial charge on any atom is -0.357 e. The summed E-state index contributed by atoms with van der Waals surface area (Å²) in [6.07, 6.45) is 0. The number of nitrogens with one attached hydrogen (secondary N) is 1. The Morgan fingerprint density at radius 2 is 1.62 bits per heavy atom. The Kier molecular flexibility index (Phi) is 4.26. The third kappa shape index (κ3) is 3.21. The maximum atomic E-state index is 4.51. The average molecular weight is 286 g/mol. The highest BCUT2D eigenvalue weighted by Gasteiger charge is 2.14. The van der Waals surface area contributed by atoms with Gasteiger partial charge in [-0.15, -0.1) is 0 Å². The van der Waals surface area contributed by atoms with Gasteiger partial charge in [0.1, 0.15) is 0 Å². The first kappa shape index (κ1) is 15.0. The lowest BCUT2D eigenvalue weighted by Crippen LogP contribution is -2.20. The molecule has 2 rings (SSSR count). The smallest absolute Gasteiger partial charge is 0.236 e. The molecular formula is C15H22N6. The van der Waals surface area contributed by atoms with E-state index in [1.165, 1.54) is 11.1 Å². The fourth-order valence-electron chi connectivity index (χ4n) is 2.11. The summed E-state index contributed by atoms with van der Waals surface area (Å²) in [6.45, 7) is 4.18. The molecule has 1 N–H and O–H groups in total. The molecule has 0 atom stereocenters. The molecule has 0 saturated carbocycles. The van der Waals surface area contributed by atoms with Crippen LogP contribution >= 0.6 is 0 Å². The predicted molar refractivity (Wildman–Crippen MR) is 87.7 cm³/mol. The molecule has 0 unspecified atom stereocenters. The molecule has 2 aromatic rings. The summed E-state index contributed by atoms with van der Waals surface area (Å²) >= 11 is 0. The van der Waals surface area contributed by atoms with Crippen molar-refractivity contribution >= 4 is 23.5 Å². The van der Waals surface area contributed by atoms with Crippen molar-refractivity contribution in [3.8, 4) is 0 Å². The number of benzene rings is 1. The van der Waals surface area contributed by atoms with Gasteiger partial charge in [0.2, 0.25) is 17.8 Å². The molecule has 0 radical (unpaired) electrons. The summed E-state index contributed by atoms with van der Waals surface area (Å²) in [6, 6.07) is 6.33. The monoisotopic (exact) mass is 286 g/mol. The van der Waals surface area contributed by atoms with Crippen LogP contribution in [0.1, 0.15) is 11.1 Å². The standard InChI is InChI=1S/C15H22N6/c1-10-7-8-12(11(2)9-10)21(6)15-18-13(16-3)17-14(19-15)20(4)5/h7-9H,1-6H3,(H,16,17,18,19). The van der Waals surface area contributed by atoms with Gasteiger partial charge in [0.25, 0.3) is 0 Å². The second-order valence-corrected chi connectivity index (χ2v) is 5.25. The molecule has 6 nitrogen and oxygen atoms in total. The highest BCUT2D eigenvalue weighted by atomic mass is 15.3. The third-order valence-electron chi connectivity index (χ3n) is 3.25. The fourth-order valence-corrected chi connectivity index (χ4v) is 2.11. The zero-order chi connectivity index (χ0) is 15.6. The van der Waals surface area contributed by atoms with Crippen LogP contribution in [0.3, 0.4) is 0 Å². The summed E-state index contributed by atoms with van der Waals surface area (Å²) in [5, 5.41) is 2.98. The van der Waals surface area contributed by atoms with Crippen LogP contribution < -0.4 is 15.1 Å². The summed E-state index contributed by atoms with van der Waals surface area (Å²) in [5.74, 6) is 1.80. The molecule has 1 aromatic carbocycles. The second kappa shape index (κ2) is 5.95. The van der Waals surface area contributed by atoms with Gasteiger partial charge >= 0.3 is 0 Å². The quantitative estimate of drug-likeness (QED) is 0.931. The number of hydrogen-bond acceptors (Lipinski definition) is 6. The Hall–Kier alpha value is -2.37. The Balaban J connectivity index is 2.46. The molecule has 1 aromatic heterocycles. The van der Waals surface area contributed by atoms with Crippen LogP contribution in [0.2, 0.25) is 0 Å². The summed E-state index contributed by atoms with van der Waals surface area (Å²) in [4.78, 5) is 17.1. The van der Waals surface area contributed by atoms with Crippen LogP contribution in [-0.2, 0) is 0 Å². The Morgan fingerprint density at radius 3 is 2.19 bits per heavy atom. The first-order valence-electron chi connectivity index (χ1n) is 6.84. The molecule has 0 spiro atoms. The minimum atomic E-state index is 0.556. The van der Waals surface area contributed by atoms with Crippen LogP contribution in [0, 0.1) is 13.8 Å². The zero-order valence-electron chi connectivity index (χ0n) is 13.5. The van der Waals surface area contributed by atoms with Crippen LogP contribution in [0.25, 0.3) is 0 Å². The molecule has 0 bridgehead atoms. The lowest BCUT2D eigenvalue weighted by molar-refractivity contribution is 0.931. The lowest BCUT2D eigenvalue weighted by Gasteiger charge is -2.21. The predicted octanol–water partition coefficient (Wildman–Crippen LogP) is 2.36. The topological polar surface area (TPSA) is 57.2 Å². The molecule has 0 fully saturated rings. The molecule has 0 aliphatic heterocycles. The van der Waals surface area contributed by atoms with Gasteiger partial charge in [0.15, 0.2) is 0 Å². The van der Waals surface area contributed by atoms with E-state index in [-0.39, 0.29) is 0 Å². The number of nitrogens with zero attached hydrogens (tertiary/aromatic N) is 5. The lowest BCUT2D eigenvalue weighted by atomic mass is 10.1. The van der Waals surface area contributed by atoms with E-state index in [0.717, 1.165) is 5.69 Å². The van der Waals surface area contributed by atoms with E-state index in [1.54, 1.807) is 7.05 Å². The maximum absolute atomic E-state index is 4.51. The SMILES string of the molecule is CNc1nc(N(C)C)nc(N(C)c2ccc(C)cc2C)n1. The normalized spacial score (nSPS) is 10.4. The summed E-state index contributed by atoms with van der Waals surface area (Å²) in [5.41, 5.74) is 3.51. The molecule has 6 heteroatoms. The van der Waals surface area contributed by atoms with E-state index in [1.807, 2.05) is 30.9 Å². The average Bonchev–Trinajstić information content (AvgIpc) is 2.46. The van der Waals surface area contributed by atoms with Gasteiger partial charge < -0.3 is 15.1 Å². The highest BCUT2D eigenvalue weighted by Crippen LogP contribution is 2.26. The Morgan fingerprint density at radius 1 is 0.952 bits per heavy atom. The molecule has 0 amide bonds. The van der Waals surface area contributed by atoms with Crippen molar-refractivity contribution in [3.05, 3.63) is 29.3 Å². The molecule has 21 heavy (non-hydrogen) atoms. The first-order valence-corrected chi connectivity index (χ1v) is 6.84. The number of rotatable bonds is 4. The zero-order valence-corrected chi connectivity index (χ0v) is 13.5. The fraction of sp³-hybridized carbons (Fsp3) is 0.400. The summed E-state index contributed by atoms with van der Waals surface area (Å²) < 4.78 is 0. The second-order valence-electron chi connectivity index (χ2n) is 5.25. The number of aryl methyl sites for hydroxylation is 2. The van der Waals surface area contributed by atoms with Crippen LogP contribution in [0.15, 0.2) is 18.2 Å². The van der Waals surface area contributed by atoms with Crippen molar-refractivity contribution < 1.29 is 0 Å². The van der Waals surface area contributed by atoms with Crippen molar-refractivity contribution in [3.63, 3.8) is 0 Å². The van der Waals surface area contributed by atoms with E-state index in [4.69, 9.17) is 0 Å². The molecular weight excluding hydrogens is 264 g/mol. The van der Waals surface area contributed by atoms with E-state index >= 15 is 0 Å². The van der Waals surface area contributed by atoms with Gasteiger partial charge in [-0.3, -0.25) is 0 Å². The van der Waals surface area contributed by atoms with Crippen LogP contribution in [0.4, 0.5) is 23.5 Å². The number of hydrogen-bond donors (Lipinski definition) is 1. The van der Waals surface area contributed by atoms with Crippen LogP contribution in [-0.4, -0.2) is 43.1 Å². The van der Waals surface area contributed by atoms with Gasteiger partial charge in [-0.2, -0.15) is 15.0 Å². The van der Waals surface area contributed by atoms with Crippen molar-refractivity contribution in [2.24, 2.45) is 0 Å². The number of aromatic nitrogens is 3. The van der Waals surface area contributed by atoms with Crippen molar-refractivity contribution in [1.82, 2.24) is 15.0 Å². The molecule has 0 aliphatic rings. The van der Waals surface area contributed by atoms with Gasteiger partial charge in [-0.05, 0) is 25.5 Å². The van der Waals surface area contributed by atoms with E-state index in [0.29, 0.717) is 17.8 Å². The molecule has 0 aliphatic carbocycles. The van der Waals surface area contributed by atoms with Crippen molar-refractivity contribution in [1.29, 1.82) is 0 Å². The van der Waals surface area contributed by atoms with Gasteiger partial charge in [-0.25, -0.2) is 0 Å². The van der Waals surface area contributed by atoms with Crippen molar-refractivity contribution in [2.45, 2.75) is 13.8 Å². The third-order valence-corrected chi connectivity index (χ3v) is 3.25. The first-order chi connectivity index (χ1) is 9.92. The van der Waals surface area contributed by atoms with E-state index in [2.05, 4.69) is 52.3 Å². The molecule has 112 valence electrons. The molecule has 0 saturated heterocycles. The van der Waals surface area contributed by atoms with Gasteiger partial charge in [-0.1, -0.05) is 17.7 Å². The van der Waals surface area contributed by atoms with Crippen molar-refractivity contribution in [2.75, 3.05) is 43.3 Å². The number of anilines is 4. The van der Waals surface area contributed by atoms with Gasteiger partial charge in [0.05, 0.1) is 0 Å². The van der Waals surface area contributed by atoms with Crippen LogP contribution in [0.5, 0.6) is 0 Å². The summed E-state index contributed by atoms with van der Waals surface area (Å²) in [7, 11) is 7.59. The van der Waals surface area contributed by atoms with E-state index < -0.39 is 0 Å². The minimum absolute atomic E-state index is 0.556. The maximum Gasteiger partial charge on any atom is 0.236 e. The Bertz CT molecular complexity index is 638. The van der Waals surface area contributed by atoms with E-state index in [9.17, 15) is 0 Å². The molecule has 1 heterocycles. The highest BCUT2D eigenvalue weighted by molar-refractivity contribution is 5.62. The Labute approximate surface area is 125 Å².